The van der Waals surface area contributed by atoms with E-state index >= 15 is 0 Å². The van der Waals surface area contributed by atoms with Crippen molar-refractivity contribution in [1.29, 1.82) is 0 Å². The topological polar surface area (TPSA) is 35.5 Å². The van der Waals surface area contributed by atoms with E-state index in [9.17, 15) is 4.79 Å². The van der Waals surface area contributed by atoms with Crippen LogP contribution in [0.4, 0.5) is 0 Å². The average molecular weight is 335 g/mol. The van der Waals surface area contributed by atoms with Gasteiger partial charge in [0.1, 0.15) is 5.76 Å². The predicted molar refractivity (Wildman–Crippen MR) is 97.2 cm³/mol. The Hall–Kier alpha value is -1.25. The number of carbonyl (C=O) groups excluding carboxylic acids is 1. The van der Waals surface area contributed by atoms with Crippen molar-refractivity contribution in [2.24, 2.45) is 23.7 Å². The number of rotatable bonds is 6. The molecule has 0 spiro atoms. The maximum absolute atomic E-state index is 12.3. The fraction of sp³-hybridized carbons (Fsp3) is 0.762. The number of hydrogen-bond acceptors (Lipinski definition) is 3. The summed E-state index contributed by atoms with van der Waals surface area (Å²) >= 11 is 0. The molecule has 136 valence electrons. The first kappa shape index (κ1) is 19.1. The highest BCUT2D eigenvalue weighted by molar-refractivity contribution is 5.73. The second-order valence-electron chi connectivity index (χ2n) is 7.69. The van der Waals surface area contributed by atoms with Gasteiger partial charge >= 0.3 is 5.97 Å². The number of hydrogen-bond donors (Lipinski definition) is 0. The molecule has 0 unspecified atom stereocenters. The Balaban J connectivity index is 1.76. The molecule has 0 atom stereocenters. The minimum atomic E-state index is -0.112. The molecular formula is C21H34O3. The summed E-state index contributed by atoms with van der Waals surface area (Å²) in [5.74, 6) is 3.73. The molecule has 0 radical (unpaired) electrons. The minimum Gasteiger partial charge on any atom is -0.501 e. The SMILES string of the molecule is C=C(/C=C(\CC)OC)OC(=O)C1CCC(C2CCC(C)CC2)CC1. The molecular weight excluding hydrogens is 300 g/mol. The van der Waals surface area contributed by atoms with Crippen molar-refractivity contribution in [1.82, 2.24) is 0 Å². The van der Waals surface area contributed by atoms with Gasteiger partial charge in [0.05, 0.1) is 18.8 Å². The van der Waals surface area contributed by atoms with Gasteiger partial charge in [-0.2, -0.15) is 0 Å². The van der Waals surface area contributed by atoms with Crippen LogP contribution in [-0.4, -0.2) is 13.1 Å². The number of carbonyl (C=O) groups is 1. The Morgan fingerprint density at radius 2 is 1.58 bits per heavy atom. The maximum atomic E-state index is 12.3. The van der Waals surface area contributed by atoms with Crippen LogP contribution in [0.25, 0.3) is 0 Å². The summed E-state index contributed by atoms with van der Waals surface area (Å²) < 4.78 is 10.6. The van der Waals surface area contributed by atoms with E-state index in [2.05, 4.69) is 13.5 Å². The molecule has 0 N–H and O–H groups in total. The lowest BCUT2D eigenvalue weighted by Gasteiger charge is -2.36. The normalized spacial score (nSPS) is 31.4. The molecule has 3 nitrogen and oxygen atoms in total. The van der Waals surface area contributed by atoms with Gasteiger partial charge in [0.15, 0.2) is 0 Å². The highest BCUT2D eigenvalue weighted by atomic mass is 16.5. The van der Waals surface area contributed by atoms with E-state index < -0.39 is 0 Å². The number of esters is 1. The molecule has 0 amide bonds. The van der Waals surface area contributed by atoms with Crippen molar-refractivity contribution in [2.75, 3.05) is 7.11 Å². The molecule has 0 aromatic carbocycles. The quantitative estimate of drug-likeness (QED) is 0.359. The third-order valence-electron chi connectivity index (χ3n) is 6.00. The molecule has 24 heavy (non-hydrogen) atoms. The van der Waals surface area contributed by atoms with E-state index in [-0.39, 0.29) is 11.9 Å². The van der Waals surface area contributed by atoms with Crippen LogP contribution in [-0.2, 0) is 14.3 Å². The van der Waals surface area contributed by atoms with E-state index in [1.807, 2.05) is 6.92 Å². The van der Waals surface area contributed by atoms with Crippen LogP contribution in [0.3, 0.4) is 0 Å². The van der Waals surface area contributed by atoms with Gasteiger partial charge in [0.25, 0.3) is 0 Å². The molecule has 3 heteroatoms. The zero-order valence-corrected chi connectivity index (χ0v) is 15.7. The monoisotopic (exact) mass is 334 g/mol. The van der Waals surface area contributed by atoms with Gasteiger partial charge in [-0.15, -0.1) is 0 Å². The fourth-order valence-corrected chi connectivity index (χ4v) is 4.31. The van der Waals surface area contributed by atoms with Crippen molar-refractivity contribution in [3.63, 3.8) is 0 Å². The minimum absolute atomic E-state index is 0.0431. The Morgan fingerprint density at radius 3 is 2.08 bits per heavy atom. The second kappa shape index (κ2) is 9.29. The fourth-order valence-electron chi connectivity index (χ4n) is 4.31. The average Bonchev–Trinajstić information content (AvgIpc) is 2.60. The van der Waals surface area contributed by atoms with E-state index in [0.717, 1.165) is 42.8 Å². The summed E-state index contributed by atoms with van der Waals surface area (Å²) in [6, 6.07) is 0. The van der Waals surface area contributed by atoms with Gasteiger partial charge in [-0.1, -0.05) is 33.3 Å². The van der Waals surface area contributed by atoms with Crippen LogP contribution in [0, 0.1) is 23.7 Å². The lowest BCUT2D eigenvalue weighted by atomic mass is 9.69. The van der Waals surface area contributed by atoms with E-state index in [1.165, 1.54) is 38.5 Å². The van der Waals surface area contributed by atoms with Crippen LogP contribution >= 0.6 is 0 Å². The Labute approximate surface area is 147 Å². The molecule has 2 saturated carbocycles. The smallest absolute Gasteiger partial charge is 0.314 e. The van der Waals surface area contributed by atoms with Gasteiger partial charge in [-0.3, -0.25) is 4.79 Å². The van der Waals surface area contributed by atoms with E-state index in [4.69, 9.17) is 9.47 Å². The molecule has 2 fully saturated rings. The Bertz CT molecular complexity index is 444. The first-order valence-electron chi connectivity index (χ1n) is 9.68. The molecule has 2 rings (SSSR count). The highest BCUT2D eigenvalue weighted by Crippen LogP contribution is 2.41. The van der Waals surface area contributed by atoms with E-state index in [1.54, 1.807) is 13.2 Å². The first-order valence-corrected chi connectivity index (χ1v) is 9.68. The Kier molecular flexibility index (Phi) is 7.39. The van der Waals surface area contributed by atoms with Crippen LogP contribution < -0.4 is 0 Å². The third-order valence-corrected chi connectivity index (χ3v) is 6.00. The van der Waals surface area contributed by atoms with Crippen molar-refractivity contribution in [3.8, 4) is 0 Å². The molecule has 2 aliphatic rings. The van der Waals surface area contributed by atoms with Gasteiger partial charge < -0.3 is 9.47 Å². The summed E-state index contributed by atoms with van der Waals surface area (Å²) in [6.07, 6.45) is 12.3. The summed E-state index contributed by atoms with van der Waals surface area (Å²) in [5, 5.41) is 0. The number of methoxy groups -OCH3 is 1. The Morgan fingerprint density at radius 1 is 1.04 bits per heavy atom. The van der Waals surface area contributed by atoms with E-state index in [0.29, 0.717) is 5.76 Å². The van der Waals surface area contributed by atoms with Gasteiger partial charge in [-0.25, -0.2) is 0 Å². The predicted octanol–water partition coefficient (Wildman–Crippen LogP) is 5.62. The summed E-state index contributed by atoms with van der Waals surface area (Å²) in [5.41, 5.74) is 0. The van der Waals surface area contributed by atoms with Crippen LogP contribution in [0.5, 0.6) is 0 Å². The standard InChI is InChI=1S/C21H34O3/c1-5-20(23-4)14-16(3)24-21(22)19-12-10-18(11-13-19)17-8-6-15(2)7-9-17/h14-15,17-19H,3,5-13H2,1-2,4H3/b20-14+. The second-order valence-corrected chi connectivity index (χ2v) is 7.69. The zero-order chi connectivity index (χ0) is 17.5. The van der Waals surface area contributed by atoms with Crippen LogP contribution in [0.1, 0.15) is 71.6 Å². The molecule has 0 saturated heterocycles. The third kappa shape index (κ3) is 5.39. The summed E-state index contributed by atoms with van der Waals surface area (Å²) in [7, 11) is 1.62. The zero-order valence-electron chi connectivity index (χ0n) is 15.7. The van der Waals surface area contributed by atoms with Gasteiger partial charge in [-0.05, 0) is 56.3 Å². The number of ether oxygens (including phenoxy) is 2. The lowest BCUT2D eigenvalue weighted by Crippen LogP contribution is -2.28. The maximum Gasteiger partial charge on any atom is 0.314 e. The summed E-state index contributed by atoms with van der Waals surface area (Å²) in [4.78, 5) is 12.3. The van der Waals surface area contributed by atoms with Crippen LogP contribution in [0.15, 0.2) is 24.2 Å². The van der Waals surface area contributed by atoms with Crippen molar-refractivity contribution in [2.45, 2.75) is 71.6 Å². The van der Waals surface area contributed by atoms with Crippen molar-refractivity contribution >= 4 is 5.97 Å². The van der Waals surface area contributed by atoms with Crippen molar-refractivity contribution in [3.05, 3.63) is 24.2 Å². The molecule has 0 aromatic rings. The summed E-state index contributed by atoms with van der Waals surface area (Å²) in [6.45, 7) is 8.19. The number of allylic oxidation sites excluding steroid dienone is 2. The molecule has 0 aromatic heterocycles. The first-order chi connectivity index (χ1) is 11.5. The molecule has 0 heterocycles. The molecule has 0 aliphatic heterocycles. The van der Waals surface area contributed by atoms with Gasteiger partial charge in [0, 0.05) is 12.5 Å². The lowest BCUT2D eigenvalue weighted by molar-refractivity contribution is -0.145. The van der Waals surface area contributed by atoms with Gasteiger partial charge in [0.2, 0.25) is 0 Å². The van der Waals surface area contributed by atoms with Crippen LogP contribution in [0.2, 0.25) is 0 Å². The largest absolute Gasteiger partial charge is 0.501 e. The molecule has 2 aliphatic carbocycles. The highest BCUT2D eigenvalue weighted by Gasteiger charge is 2.33. The van der Waals surface area contributed by atoms with Crippen molar-refractivity contribution < 1.29 is 14.3 Å². The molecule has 0 bridgehead atoms.